The largest absolute Gasteiger partial charge is 0.372 e. The van der Waals surface area contributed by atoms with Crippen LogP contribution in [0.15, 0.2) is 24.3 Å². The molecule has 0 bridgehead atoms. The third-order valence-corrected chi connectivity index (χ3v) is 13.9. The molecular formula is C37H58ClN9O3S. The Labute approximate surface area is 312 Å². The molecular weight excluding hydrogens is 686 g/mol. The first-order chi connectivity index (χ1) is 24.7. The SMILES string of the molecule is CC1NC(NC2NCC(C(=O)NC3C(C)CCCC3Cl)S2)CC(N2CCN(CC3CCN(c4ccc([C@@H]5CCC(=O)NC5=O)cc4)CC3)CC2)N1. The lowest BCUT2D eigenvalue weighted by atomic mass is 9.85. The Morgan fingerprint density at radius 3 is 2.45 bits per heavy atom. The Morgan fingerprint density at radius 2 is 1.73 bits per heavy atom. The number of alkyl halides is 1. The highest BCUT2D eigenvalue weighted by molar-refractivity contribution is 8.01. The van der Waals surface area contributed by atoms with Crippen molar-refractivity contribution in [2.24, 2.45) is 11.8 Å². The molecule has 5 saturated heterocycles. The van der Waals surface area contributed by atoms with E-state index < -0.39 is 0 Å². The average molecular weight is 744 g/mol. The van der Waals surface area contributed by atoms with E-state index in [-0.39, 0.29) is 58.1 Å². The monoisotopic (exact) mass is 743 g/mol. The number of amides is 3. The number of benzene rings is 1. The van der Waals surface area contributed by atoms with E-state index in [4.69, 9.17) is 11.6 Å². The van der Waals surface area contributed by atoms with Gasteiger partial charge in [-0.05, 0) is 68.6 Å². The normalized spacial score (nSPS) is 36.2. The summed E-state index contributed by atoms with van der Waals surface area (Å²) in [5.41, 5.74) is 2.24. The van der Waals surface area contributed by atoms with E-state index in [1.807, 2.05) is 0 Å². The zero-order chi connectivity index (χ0) is 35.5. The third kappa shape index (κ3) is 9.40. The van der Waals surface area contributed by atoms with Crippen molar-refractivity contribution >= 4 is 46.8 Å². The van der Waals surface area contributed by atoms with Crippen LogP contribution in [0.5, 0.6) is 0 Å². The smallest absolute Gasteiger partial charge is 0.234 e. The Kier molecular flexibility index (Phi) is 12.5. The Morgan fingerprint density at radius 1 is 0.961 bits per heavy atom. The molecule has 5 aliphatic heterocycles. The number of hydrogen-bond acceptors (Lipinski definition) is 11. The maximum absolute atomic E-state index is 13.1. The molecule has 5 heterocycles. The van der Waals surface area contributed by atoms with E-state index in [9.17, 15) is 14.4 Å². The minimum Gasteiger partial charge on any atom is -0.372 e. The number of rotatable bonds is 9. The Bertz CT molecular complexity index is 1350. The number of thioether (sulfide) groups is 1. The van der Waals surface area contributed by atoms with Crippen molar-refractivity contribution < 1.29 is 14.4 Å². The van der Waals surface area contributed by atoms with Crippen LogP contribution in [0.2, 0.25) is 0 Å². The second-order valence-electron chi connectivity index (χ2n) is 15.8. The molecule has 0 radical (unpaired) electrons. The second-order valence-corrected chi connectivity index (χ2v) is 17.6. The number of carbonyl (C=O) groups excluding carboxylic acids is 3. The van der Waals surface area contributed by atoms with E-state index in [0.717, 1.165) is 70.5 Å². The van der Waals surface area contributed by atoms with Crippen molar-refractivity contribution in [3.05, 3.63) is 29.8 Å². The molecule has 1 aromatic carbocycles. The molecule has 6 fully saturated rings. The summed E-state index contributed by atoms with van der Waals surface area (Å²) in [5, 5.41) is 20.4. The van der Waals surface area contributed by atoms with Gasteiger partial charge in [0.1, 0.15) is 5.50 Å². The van der Waals surface area contributed by atoms with Gasteiger partial charge in [-0.15, -0.1) is 23.4 Å². The number of hydrogen-bond donors (Lipinski definition) is 6. The number of nitrogens with zero attached hydrogens (tertiary/aromatic N) is 3. The van der Waals surface area contributed by atoms with Gasteiger partial charge in [-0.25, -0.2) is 0 Å². The Hall–Kier alpha value is -1.97. The summed E-state index contributed by atoms with van der Waals surface area (Å²) >= 11 is 8.27. The number of piperazine rings is 1. The summed E-state index contributed by atoms with van der Waals surface area (Å²) in [6, 6.07) is 8.47. The number of nitrogens with one attached hydrogen (secondary N) is 6. The first-order valence-electron chi connectivity index (χ1n) is 19.4. The standard InChI is InChI=1S/C37H58ClN9O3S/c1-23-4-3-5-29(38)34(23)44-36(50)30-21-39-37(51-30)42-31-20-32(41-24(2)40-31)47-18-16-45(17-19-47)22-25-12-14-46(15-13-25)27-8-6-26(7-9-27)28-10-11-33(48)43-35(28)49/h6-9,23-25,28-32,34,37,39-42H,3-5,10-22H2,1-2H3,(H,44,50)(H,43,48,49)/t23?,24?,28-,29?,30?,31?,32?,34?,37?/m0/s1. The molecule has 8 unspecified atom stereocenters. The summed E-state index contributed by atoms with van der Waals surface area (Å²) in [7, 11) is 0. The molecule has 1 aromatic rings. The summed E-state index contributed by atoms with van der Waals surface area (Å²) < 4.78 is 0. The van der Waals surface area contributed by atoms with Gasteiger partial charge in [-0.3, -0.25) is 45.9 Å². The lowest BCUT2D eigenvalue weighted by molar-refractivity contribution is -0.134. The molecule has 0 spiro atoms. The molecule has 7 rings (SSSR count). The minimum atomic E-state index is -0.229. The number of imide groups is 1. The maximum Gasteiger partial charge on any atom is 0.234 e. The molecule has 1 saturated carbocycles. The van der Waals surface area contributed by atoms with Crippen molar-refractivity contribution in [2.45, 2.75) is 112 Å². The van der Waals surface area contributed by atoms with Gasteiger partial charge in [-0.2, -0.15) is 0 Å². The van der Waals surface area contributed by atoms with Crippen LogP contribution in [0.3, 0.4) is 0 Å². The van der Waals surface area contributed by atoms with Crippen molar-refractivity contribution in [3.8, 4) is 0 Å². The second kappa shape index (κ2) is 17.0. The van der Waals surface area contributed by atoms with Crippen LogP contribution in [0.1, 0.15) is 76.7 Å². The van der Waals surface area contributed by atoms with Gasteiger partial charge in [0.2, 0.25) is 17.7 Å². The molecule has 6 aliphatic rings. The zero-order valence-electron chi connectivity index (χ0n) is 30.2. The molecule has 3 amide bonds. The lowest BCUT2D eigenvalue weighted by Crippen LogP contribution is -2.68. The van der Waals surface area contributed by atoms with Crippen LogP contribution < -0.4 is 36.8 Å². The fourth-order valence-corrected chi connectivity index (χ4v) is 10.7. The molecule has 0 aromatic heterocycles. The number of piperidine rings is 2. The van der Waals surface area contributed by atoms with Crippen LogP contribution in [0, 0.1) is 11.8 Å². The van der Waals surface area contributed by atoms with Gasteiger partial charge in [0, 0.05) is 76.9 Å². The predicted molar refractivity (Wildman–Crippen MR) is 203 cm³/mol. The molecule has 6 N–H and O–H groups in total. The number of anilines is 1. The lowest BCUT2D eigenvalue weighted by Gasteiger charge is -2.46. The number of carbonyl (C=O) groups is 3. The van der Waals surface area contributed by atoms with Crippen LogP contribution in [0.25, 0.3) is 0 Å². The summed E-state index contributed by atoms with van der Waals surface area (Å²) in [4.78, 5) is 44.7. The van der Waals surface area contributed by atoms with E-state index >= 15 is 0 Å². The number of halogens is 1. The highest BCUT2D eigenvalue weighted by atomic mass is 35.5. The minimum absolute atomic E-state index is 0.0232. The predicted octanol–water partition coefficient (Wildman–Crippen LogP) is 2.11. The van der Waals surface area contributed by atoms with Crippen molar-refractivity contribution in [2.75, 3.05) is 57.3 Å². The molecule has 12 nitrogen and oxygen atoms in total. The quantitative estimate of drug-likeness (QED) is 0.164. The Balaban J connectivity index is 0.809. The molecule has 14 heteroatoms. The summed E-state index contributed by atoms with van der Waals surface area (Å²) in [6.07, 6.45) is 8.23. The summed E-state index contributed by atoms with van der Waals surface area (Å²) in [6.45, 7) is 12.7. The van der Waals surface area contributed by atoms with Gasteiger partial charge >= 0.3 is 0 Å². The van der Waals surface area contributed by atoms with Gasteiger partial charge < -0.3 is 15.1 Å². The van der Waals surface area contributed by atoms with E-state index in [2.05, 4.69) is 84.7 Å². The zero-order valence-corrected chi connectivity index (χ0v) is 31.8. The van der Waals surface area contributed by atoms with Gasteiger partial charge in [0.15, 0.2) is 0 Å². The third-order valence-electron chi connectivity index (χ3n) is 12.1. The average Bonchev–Trinajstić information content (AvgIpc) is 3.59. The maximum atomic E-state index is 13.1. The first kappa shape index (κ1) is 37.3. The van der Waals surface area contributed by atoms with Gasteiger partial charge in [0.05, 0.1) is 35.0 Å². The van der Waals surface area contributed by atoms with Crippen molar-refractivity contribution in [1.29, 1.82) is 0 Å². The molecule has 1 aliphatic carbocycles. The highest BCUT2D eigenvalue weighted by Gasteiger charge is 2.38. The van der Waals surface area contributed by atoms with Crippen LogP contribution >= 0.6 is 23.4 Å². The van der Waals surface area contributed by atoms with Gasteiger partial charge in [0.25, 0.3) is 0 Å². The summed E-state index contributed by atoms with van der Waals surface area (Å²) in [5.74, 6) is 0.665. The van der Waals surface area contributed by atoms with Crippen LogP contribution in [-0.4, -0.2) is 121 Å². The van der Waals surface area contributed by atoms with Crippen molar-refractivity contribution in [3.63, 3.8) is 0 Å². The first-order valence-corrected chi connectivity index (χ1v) is 20.8. The van der Waals surface area contributed by atoms with E-state index in [1.165, 1.54) is 25.1 Å². The topological polar surface area (TPSA) is 133 Å². The molecule has 9 atom stereocenters. The molecule has 282 valence electrons. The van der Waals surface area contributed by atoms with Crippen LogP contribution in [0.4, 0.5) is 5.69 Å². The van der Waals surface area contributed by atoms with E-state index in [1.54, 1.807) is 11.8 Å². The van der Waals surface area contributed by atoms with Crippen molar-refractivity contribution in [1.82, 2.24) is 41.7 Å². The fourth-order valence-electron chi connectivity index (χ4n) is 9.04. The fraction of sp³-hybridized carbons (Fsp3) is 0.757. The van der Waals surface area contributed by atoms with E-state index in [0.29, 0.717) is 37.4 Å². The highest BCUT2D eigenvalue weighted by Crippen LogP contribution is 2.31. The van der Waals surface area contributed by atoms with Gasteiger partial charge in [-0.1, -0.05) is 25.5 Å². The molecule has 51 heavy (non-hydrogen) atoms. The van der Waals surface area contributed by atoms with Crippen LogP contribution in [-0.2, 0) is 14.4 Å².